The first-order valence-electron chi connectivity index (χ1n) is 8.05. The number of non-ortho nitro benzene ring substituents is 1. The average Bonchev–Trinajstić information content (AvgIpc) is 3.15. The van der Waals surface area contributed by atoms with E-state index in [9.17, 15) is 19.3 Å². The van der Waals surface area contributed by atoms with Crippen molar-refractivity contribution in [1.82, 2.24) is 15.1 Å². The quantitative estimate of drug-likeness (QED) is 0.479. The third-order valence-electron chi connectivity index (χ3n) is 3.72. The third kappa shape index (κ3) is 4.83. The SMILES string of the molecule is O=C(NCc1ccc(F)cc1)c1ccn(COc2ccc([N+](=O)[O-])cc2Cl)n1. The van der Waals surface area contributed by atoms with E-state index in [1.165, 1.54) is 41.1 Å². The number of aromatic nitrogens is 2. The van der Waals surface area contributed by atoms with E-state index in [2.05, 4.69) is 10.4 Å². The first kappa shape index (κ1) is 19.3. The molecule has 0 bridgehead atoms. The summed E-state index contributed by atoms with van der Waals surface area (Å²) < 4.78 is 19.7. The zero-order valence-corrected chi connectivity index (χ0v) is 15.1. The summed E-state index contributed by atoms with van der Waals surface area (Å²) in [7, 11) is 0. The molecule has 144 valence electrons. The van der Waals surface area contributed by atoms with Crippen LogP contribution in [0.2, 0.25) is 5.02 Å². The Morgan fingerprint density at radius 1 is 1.25 bits per heavy atom. The topological polar surface area (TPSA) is 99.3 Å². The number of nitro groups is 1. The minimum atomic E-state index is -0.556. The monoisotopic (exact) mass is 404 g/mol. The van der Waals surface area contributed by atoms with Gasteiger partial charge in [0.05, 0.1) is 9.95 Å². The molecule has 0 saturated carbocycles. The van der Waals surface area contributed by atoms with Crippen molar-refractivity contribution in [2.45, 2.75) is 13.3 Å². The number of hydrogen-bond donors (Lipinski definition) is 1. The first-order valence-corrected chi connectivity index (χ1v) is 8.43. The number of rotatable bonds is 7. The third-order valence-corrected chi connectivity index (χ3v) is 4.01. The van der Waals surface area contributed by atoms with E-state index >= 15 is 0 Å². The molecule has 0 unspecified atom stereocenters. The van der Waals surface area contributed by atoms with E-state index in [0.717, 1.165) is 5.56 Å². The van der Waals surface area contributed by atoms with Gasteiger partial charge < -0.3 is 10.1 Å². The number of nitrogens with zero attached hydrogens (tertiary/aromatic N) is 3. The van der Waals surface area contributed by atoms with Crippen LogP contribution in [0.3, 0.4) is 0 Å². The number of nitrogens with one attached hydrogen (secondary N) is 1. The van der Waals surface area contributed by atoms with Gasteiger partial charge >= 0.3 is 0 Å². The van der Waals surface area contributed by atoms with Crippen LogP contribution in [-0.4, -0.2) is 20.6 Å². The lowest BCUT2D eigenvalue weighted by atomic mass is 10.2. The Morgan fingerprint density at radius 2 is 2.00 bits per heavy atom. The molecule has 1 aromatic heterocycles. The van der Waals surface area contributed by atoms with Crippen molar-refractivity contribution in [2.24, 2.45) is 0 Å². The number of carbonyl (C=O) groups excluding carboxylic acids is 1. The maximum absolute atomic E-state index is 12.9. The number of halogens is 2. The molecule has 3 rings (SSSR count). The summed E-state index contributed by atoms with van der Waals surface area (Å²) in [6, 6.07) is 11.2. The molecule has 0 spiro atoms. The summed E-state index contributed by atoms with van der Waals surface area (Å²) in [4.78, 5) is 22.3. The van der Waals surface area contributed by atoms with Crippen LogP contribution in [0.5, 0.6) is 5.75 Å². The number of carbonyl (C=O) groups is 1. The molecule has 0 fully saturated rings. The van der Waals surface area contributed by atoms with Crippen LogP contribution in [0.25, 0.3) is 0 Å². The second-order valence-electron chi connectivity index (χ2n) is 5.69. The highest BCUT2D eigenvalue weighted by Crippen LogP contribution is 2.28. The smallest absolute Gasteiger partial charge is 0.272 e. The van der Waals surface area contributed by atoms with Crippen LogP contribution in [0, 0.1) is 15.9 Å². The largest absolute Gasteiger partial charge is 0.470 e. The molecule has 0 saturated heterocycles. The molecule has 3 aromatic rings. The standard InChI is InChI=1S/C18H14ClFN4O4/c19-15-9-14(24(26)27)5-6-17(15)28-11-23-8-7-16(22-23)18(25)21-10-12-1-3-13(20)4-2-12/h1-9H,10-11H2,(H,21,25). The van der Waals surface area contributed by atoms with Gasteiger partial charge in [-0.2, -0.15) is 5.10 Å². The lowest BCUT2D eigenvalue weighted by Gasteiger charge is -2.08. The molecule has 2 aromatic carbocycles. The minimum Gasteiger partial charge on any atom is -0.470 e. The zero-order valence-electron chi connectivity index (χ0n) is 14.3. The zero-order chi connectivity index (χ0) is 20.1. The Balaban J connectivity index is 1.55. The number of benzene rings is 2. The van der Waals surface area contributed by atoms with Gasteiger partial charge in [-0.25, -0.2) is 9.07 Å². The summed E-state index contributed by atoms with van der Waals surface area (Å²) in [6.45, 7) is 0.198. The normalized spacial score (nSPS) is 10.5. The van der Waals surface area contributed by atoms with Crippen molar-refractivity contribution in [3.8, 4) is 5.75 Å². The molecule has 10 heteroatoms. The Labute approximate surface area is 163 Å². The summed E-state index contributed by atoms with van der Waals surface area (Å²) in [5.41, 5.74) is 0.794. The van der Waals surface area contributed by atoms with Crippen LogP contribution in [0.1, 0.15) is 16.1 Å². The summed E-state index contributed by atoms with van der Waals surface area (Å²) in [5.74, 6) is -0.483. The molecular formula is C18H14ClFN4O4. The second-order valence-corrected chi connectivity index (χ2v) is 6.10. The fourth-order valence-electron chi connectivity index (χ4n) is 2.29. The number of ether oxygens (including phenoxy) is 1. The highest BCUT2D eigenvalue weighted by atomic mass is 35.5. The summed E-state index contributed by atoms with van der Waals surface area (Å²) in [5, 5.41) is 17.6. The van der Waals surface area contributed by atoms with Crippen molar-refractivity contribution < 1.29 is 18.8 Å². The van der Waals surface area contributed by atoms with E-state index in [0.29, 0.717) is 0 Å². The molecule has 0 aliphatic carbocycles. The van der Waals surface area contributed by atoms with Gasteiger partial charge in [0.1, 0.15) is 17.3 Å². The van der Waals surface area contributed by atoms with Crippen molar-refractivity contribution in [2.75, 3.05) is 0 Å². The molecule has 0 atom stereocenters. The molecule has 1 N–H and O–H groups in total. The predicted molar refractivity (Wildman–Crippen MR) is 98.5 cm³/mol. The highest BCUT2D eigenvalue weighted by molar-refractivity contribution is 6.32. The first-order chi connectivity index (χ1) is 13.4. The molecule has 8 nitrogen and oxygen atoms in total. The molecular weight excluding hydrogens is 391 g/mol. The van der Waals surface area contributed by atoms with Gasteiger partial charge in [-0.15, -0.1) is 0 Å². The predicted octanol–water partition coefficient (Wildman–Crippen LogP) is 3.55. The van der Waals surface area contributed by atoms with Gasteiger partial charge in [0.15, 0.2) is 6.73 Å². The summed E-state index contributed by atoms with van der Waals surface area (Å²) in [6.07, 6.45) is 1.55. The molecule has 28 heavy (non-hydrogen) atoms. The Hall–Kier alpha value is -3.46. The fourth-order valence-corrected chi connectivity index (χ4v) is 2.52. The van der Waals surface area contributed by atoms with E-state index < -0.39 is 10.8 Å². The molecule has 0 radical (unpaired) electrons. The van der Waals surface area contributed by atoms with E-state index in [-0.39, 0.29) is 41.2 Å². The van der Waals surface area contributed by atoms with Crippen LogP contribution < -0.4 is 10.1 Å². The van der Waals surface area contributed by atoms with Gasteiger partial charge in [-0.05, 0) is 29.8 Å². The maximum Gasteiger partial charge on any atom is 0.272 e. The number of hydrogen-bond acceptors (Lipinski definition) is 5. The van der Waals surface area contributed by atoms with Crippen molar-refractivity contribution in [3.05, 3.63) is 86.9 Å². The van der Waals surface area contributed by atoms with Gasteiger partial charge in [0, 0.05) is 24.9 Å². The number of nitro benzene ring substituents is 1. The van der Waals surface area contributed by atoms with E-state index in [1.54, 1.807) is 18.3 Å². The van der Waals surface area contributed by atoms with Crippen LogP contribution >= 0.6 is 11.6 Å². The van der Waals surface area contributed by atoms with Crippen molar-refractivity contribution in [1.29, 1.82) is 0 Å². The van der Waals surface area contributed by atoms with E-state index in [4.69, 9.17) is 16.3 Å². The van der Waals surface area contributed by atoms with E-state index in [1.807, 2.05) is 0 Å². The van der Waals surface area contributed by atoms with Crippen LogP contribution in [0.4, 0.5) is 10.1 Å². The fraction of sp³-hybridized carbons (Fsp3) is 0.111. The van der Waals surface area contributed by atoms with Gasteiger partial charge in [0.25, 0.3) is 11.6 Å². The van der Waals surface area contributed by atoms with Crippen molar-refractivity contribution >= 4 is 23.2 Å². The van der Waals surface area contributed by atoms with Gasteiger partial charge in [0.2, 0.25) is 0 Å². The van der Waals surface area contributed by atoms with Crippen molar-refractivity contribution in [3.63, 3.8) is 0 Å². The number of amides is 1. The lowest BCUT2D eigenvalue weighted by molar-refractivity contribution is -0.384. The van der Waals surface area contributed by atoms with Crippen LogP contribution in [-0.2, 0) is 13.3 Å². The molecule has 0 aliphatic rings. The highest BCUT2D eigenvalue weighted by Gasteiger charge is 2.12. The molecule has 1 heterocycles. The average molecular weight is 405 g/mol. The molecule has 1 amide bonds. The van der Waals surface area contributed by atoms with Crippen LogP contribution in [0.15, 0.2) is 54.7 Å². The minimum absolute atomic E-state index is 0.0389. The Morgan fingerprint density at radius 3 is 2.68 bits per heavy atom. The summed E-state index contributed by atoms with van der Waals surface area (Å²) >= 11 is 5.96. The van der Waals surface area contributed by atoms with Gasteiger partial charge in [-0.3, -0.25) is 14.9 Å². The maximum atomic E-state index is 12.9. The lowest BCUT2D eigenvalue weighted by Crippen LogP contribution is -2.23. The Bertz CT molecular complexity index is 1010. The second kappa shape index (κ2) is 8.49. The van der Waals surface area contributed by atoms with Gasteiger partial charge in [-0.1, -0.05) is 23.7 Å². The molecule has 0 aliphatic heterocycles. The Kier molecular flexibility index (Phi) is 5.85.